The van der Waals surface area contributed by atoms with E-state index in [0.29, 0.717) is 23.7 Å². The number of carbonyl (C=O) groups is 3. The highest BCUT2D eigenvalue weighted by Gasteiger charge is 2.14. The molecule has 0 bridgehead atoms. The van der Waals surface area contributed by atoms with Gasteiger partial charge in [0.05, 0.1) is 11.3 Å². The minimum absolute atomic E-state index is 0.271. The zero-order valence-corrected chi connectivity index (χ0v) is 16.9. The van der Waals surface area contributed by atoms with E-state index < -0.39 is 18.5 Å². The lowest BCUT2D eigenvalue weighted by Gasteiger charge is -2.12. The number of aryl methyl sites for hydroxylation is 1. The zero-order valence-electron chi connectivity index (χ0n) is 16.9. The number of rotatable bonds is 8. The van der Waals surface area contributed by atoms with Crippen LogP contribution in [0.2, 0.25) is 0 Å². The van der Waals surface area contributed by atoms with Gasteiger partial charge in [0.15, 0.2) is 6.61 Å². The van der Waals surface area contributed by atoms with E-state index in [1.54, 1.807) is 30.3 Å². The molecule has 0 aliphatic carbocycles. The Hall–Kier alpha value is -3.41. The predicted molar refractivity (Wildman–Crippen MR) is 113 cm³/mol. The van der Waals surface area contributed by atoms with E-state index in [2.05, 4.69) is 10.6 Å². The fraction of sp³-hybridized carbons (Fsp3) is 0.261. The first-order chi connectivity index (χ1) is 13.9. The van der Waals surface area contributed by atoms with Crippen molar-refractivity contribution in [3.63, 3.8) is 0 Å². The van der Waals surface area contributed by atoms with Gasteiger partial charge in [-0.1, -0.05) is 50.2 Å². The molecular formula is C23H26N2O4. The molecule has 0 fully saturated rings. The van der Waals surface area contributed by atoms with Crippen molar-refractivity contribution in [2.45, 2.75) is 20.8 Å². The van der Waals surface area contributed by atoms with Gasteiger partial charge in [0.2, 0.25) is 0 Å². The molecule has 152 valence electrons. The minimum atomic E-state index is -0.619. The van der Waals surface area contributed by atoms with Crippen LogP contribution in [0.1, 0.15) is 35.3 Å². The lowest BCUT2D eigenvalue weighted by molar-refractivity contribution is -0.142. The molecule has 0 atom stereocenters. The third-order valence-electron chi connectivity index (χ3n) is 4.05. The topological polar surface area (TPSA) is 84.5 Å². The smallest absolute Gasteiger partial charge is 0.331 e. The largest absolute Gasteiger partial charge is 0.452 e. The van der Waals surface area contributed by atoms with Crippen molar-refractivity contribution in [3.8, 4) is 0 Å². The van der Waals surface area contributed by atoms with Gasteiger partial charge in [-0.05, 0) is 42.2 Å². The number of ether oxygens (including phenoxy) is 1. The Morgan fingerprint density at radius 1 is 1.03 bits per heavy atom. The van der Waals surface area contributed by atoms with Gasteiger partial charge in [0, 0.05) is 12.6 Å². The summed E-state index contributed by atoms with van der Waals surface area (Å²) < 4.78 is 4.98. The molecule has 2 rings (SSSR count). The van der Waals surface area contributed by atoms with Crippen molar-refractivity contribution < 1.29 is 19.1 Å². The molecule has 6 nitrogen and oxygen atoms in total. The lowest BCUT2D eigenvalue weighted by Crippen LogP contribution is -2.29. The maximum atomic E-state index is 12.3. The van der Waals surface area contributed by atoms with Crippen LogP contribution in [0.25, 0.3) is 6.08 Å². The van der Waals surface area contributed by atoms with E-state index in [4.69, 9.17) is 4.74 Å². The van der Waals surface area contributed by atoms with Crippen LogP contribution in [0.5, 0.6) is 0 Å². The van der Waals surface area contributed by atoms with Gasteiger partial charge in [-0.25, -0.2) is 4.79 Å². The third kappa shape index (κ3) is 7.25. The van der Waals surface area contributed by atoms with Gasteiger partial charge < -0.3 is 15.4 Å². The number of nitrogens with one attached hydrogen (secondary N) is 2. The molecule has 0 radical (unpaired) electrons. The average molecular weight is 394 g/mol. The van der Waals surface area contributed by atoms with E-state index in [0.717, 1.165) is 11.1 Å². The van der Waals surface area contributed by atoms with Gasteiger partial charge >= 0.3 is 5.97 Å². The number of hydrogen-bond donors (Lipinski definition) is 2. The molecular weight excluding hydrogens is 368 g/mol. The van der Waals surface area contributed by atoms with Crippen molar-refractivity contribution in [2.75, 3.05) is 18.5 Å². The lowest BCUT2D eigenvalue weighted by atomic mass is 10.1. The normalized spacial score (nSPS) is 10.8. The van der Waals surface area contributed by atoms with Crippen LogP contribution in [0.4, 0.5) is 5.69 Å². The van der Waals surface area contributed by atoms with Crippen LogP contribution in [0.15, 0.2) is 54.6 Å². The van der Waals surface area contributed by atoms with E-state index >= 15 is 0 Å². The fourth-order valence-corrected chi connectivity index (χ4v) is 2.48. The summed E-state index contributed by atoms with van der Waals surface area (Å²) in [7, 11) is 0. The second-order valence-corrected chi connectivity index (χ2v) is 7.00. The van der Waals surface area contributed by atoms with Gasteiger partial charge in [0.25, 0.3) is 11.8 Å². The first-order valence-electron chi connectivity index (χ1n) is 9.44. The standard InChI is InChI=1S/C23H26N2O4/c1-16(2)14-24-23(28)19-10-6-7-11-20(19)25-21(26)15-29-22(27)13-12-18-9-5-4-8-17(18)3/h4-13,16H,14-15H2,1-3H3,(H,24,28)(H,25,26)/b13-12+. The monoisotopic (exact) mass is 394 g/mol. The molecule has 0 aliphatic rings. The highest BCUT2D eigenvalue weighted by molar-refractivity contribution is 6.04. The molecule has 0 spiro atoms. The number of benzene rings is 2. The Kier molecular flexibility index (Phi) is 8.15. The van der Waals surface area contributed by atoms with Crippen LogP contribution < -0.4 is 10.6 Å². The van der Waals surface area contributed by atoms with Gasteiger partial charge in [-0.2, -0.15) is 0 Å². The zero-order chi connectivity index (χ0) is 21.2. The van der Waals surface area contributed by atoms with E-state index in [9.17, 15) is 14.4 Å². The van der Waals surface area contributed by atoms with Crippen molar-refractivity contribution in [2.24, 2.45) is 5.92 Å². The SMILES string of the molecule is Cc1ccccc1/C=C/C(=O)OCC(=O)Nc1ccccc1C(=O)NCC(C)C. The quantitative estimate of drug-likeness (QED) is 0.529. The minimum Gasteiger partial charge on any atom is -0.452 e. The van der Waals surface area contributed by atoms with Gasteiger partial charge in [-0.15, -0.1) is 0 Å². The number of para-hydroxylation sites is 1. The first kappa shape index (κ1) is 21.9. The average Bonchev–Trinajstić information content (AvgIpc) is 2.70. The maximum Gasteiger partial charge on any atom is 0.331 e. The predicted octanol–water partition coefficient (Wildman–Crippen LogP) is 3.58. The summed E-state index contributed by atoms with van der Waals surface area (Å²) in [5.41, 5.74) is 2.65. The molecule has 2 aromatic rings. The second-order valence-electron chi connectivity index (χ2n) is 7.00. The summed E-state index contributed by atoms with van der Waals surface area (Å²) in [5.74, 6) is -1.10. The number of anilines is 1. The summed E-state index contributed by atoms with van der Waals surface area (Å²) in [6.45, 7) is 6.02. The molecule has 0 aliphatic heterocycles. The molecule has 0 saturated heterocycles. The van der Waals surface area contributed by atoms with Crippen molar-refractivity contribution in [1.29, 1.82) is 0 Å². The Morgan fingerprint density at radius 3 is 2.45 bits per heavy atom. The van der Waals surface area contributed by atoms with Crippen LogP contribution in [-0.4, -0.2) is 30.9 Å². The fourth-order valence-electron chi connectivity index (χ4n) is 2.48. The molecule has 29 heavy (non-hydrogen) atoms. The summed E-state index contributed by atoms with van der Waals surface area (Å²) in [5, 5.41) is 5.43. The van der Waals surface area contributed by atoms with E-state index in [-0.39, 0.29) is 5.91 Å². The van der Waals surface area contributed by atoms with Crippen LogP contribution in [-0.2, 0) is 14.3 Å². The summed E-state index contributed by atoms with van der Waals surface area (Å²) in [4.78, 5) is 36.3. The summed E-state index contributed by atoms with van der Waals surface area (Å²) in [6, 6.07) is 14.3. The van der Waals surface area contributed by atoms with Gasteiger partial charge in [0.1, 0.15) is 0 Å². The molecule has 0 saturated carbocycles. The Labute approximate surface area is 171 Å². The highest BCUT2D eigenvalue weighted by Crippen LogP contribution is 2.15. The van der Waals surface area contributed by atoms with E-state index in [1.165, 1.54) is 6.08 Å². The summed E-state index contributed by atoms with van der Waals surface area (Å²) in [6.07, 6.45) is 2.92. The molecule has 2 N–H and O–H groups in total. The molecule has 0 unspecified atom stereocenters. The first-order valence-corrected chi connectivity index (χ1v) is 9.44. The van der Waals surface area contributed by atoms with Crippen molar-refractivity contribution in [1.82, 2.24) is 5.32 Å². The van der Waals surface area contributed by atoms with Crippen molar-refractivity contribution >= 4 is 29.5 Å². The number of esters is 1. The maximum absolute atomic E-state index is 12.3. The van der Waals surface area contributed by atoms with Crippen LogP contribution in [0, 0.1) is 12.8 Å². The van der Waals surface area contributed by atoms with E-state index in [1.807, 2.05) is 45.0 Å². The van der Waals surface area contributed by atoms with Crippen LogP contribution in [0.3, 0.4) is 0 Å². The Balaban J connectivity index is 1.90. The molecule has 6 heteroatoms. The molecule has 2 aromatic carbocycles. The summed E-state index contributed by atoms with van der Waals surface area (Å²) >= 11 is 0. The Bertz CT molecular complexity index is 903. The molecule has 0 heterocycles. The van der Waals surface area contributed by atoms with Gasteiger partial charge in [-0.3, -0.25) is 9.59 Å². The molecule has 2 amide bonds. The number of amides is 2. The number of carbonyl (C=O) groups excluding carboxylic acids is 3. The Morgan fingerprint density at radius 2 is 1.72 bits per heavy atom. The second kappa shape index (κ2) is 10.8. The third-order valence-corrected chi connectivity index (χ3v) is 4.05. The van der Waals surface area contributed by atoms with Crippen molar-refractivity contribution in [3.05, 3.63) is 71.3 Å². The number of hydrogen-bond acceptors (Lipinski definition) is 4. The highest BCUT2D eigenvalue weighted by atomic mass is 16.5. The van der Waals surface area contributed by atoms with Crippen LogP contribution >= 0.6 is 0 Å². The molecule has 0 aromatic heterocycles.